The fraction of sp³-hybridized carbons (Fsp3) is 0.357. The van der Waals surface area contributed by atoms with Crippen LogP contribution in [0, 0.1) is 0 Å². The van der Waals surface area contributed by atoms with E-state index in [-0.39, 0.29) is 11.3 Å². The molecular weight excluding hydrogens is 276 g/mol. The van der Waals surface area contributed by atoms with Crippen molar-refractivity contribution in [2.45, 2.75) is 20.4 Å². The molecule has 6 heteroatoms. The third-order valence-corrected chi connectivity index (χ3v) is 2.90. The van der Waals surface area contributed by atoms with Gasteiger partial charge >= 0.3 is 6.01 Å². The molecule has 2 rings (SSSR count). The van der Waals surface area contributed by atoms with Crippen LogP contribution in [0.15, 0.2) is 30.3 Å². The maximum atomic E-state index is 5.92. The molecule has 0 atom stereocenters. The highest BCUT2D eigenvalue weighted by Crippen LogP contribution is 2.17. The predicted molar refractivity (Wildman–Crippen MR) is 79.2 cm³/mol. The van der Waals surface area contributed by atoms with Gasteiger partial charge in [0.15, 0.2) is 0 Å². The van der Waals surface area contributed by atoms with Crippen LogP contribution in [-0.4, -0.2) is 28.1 Å². The molecule has 0 spiro atoms. The van der Waals surface area contributed by atoms with Crippen molar-refractivity contribution in [3.05, 3.63) is 41.2 Å². The van der Waals surface area contributed by atoms with Crippen LogP contribution in [0.1, 0.15) is 19.4 Å². The fourth-order valence-corrected chi connectivity index (χ4v) is 1.93. The van der Waals surface area contributed by atoms with E-state index >= 15 is 0 Å². The Kier molecular flexibility index (Phi) is 5.12. The molecule has 0 aliphatic rings. The van der Waals surface area contributed by atoms with Gasteiger partial charge in [0.25, 0.3) is 0 Å². The summed E-state index contributed by atoms with van der Waals surface area (Å²) in [5.74, 6) is 0.528. The molecular formula is C14H17ClN4O. The SMILES string of the molecule is CCOc1nc(Cl)nc(N(CC)Cc2ccccc2)n1. The molecule has 0 bridgehead atoms. The zero-order valence-electron chi connectivity index (χ0n) is 11.6. The Labute approximate surface area is 123 Å². The molecule has 0 aliphatic heterocycles. The van der Waals surface area contributed by atoms with Crippen LogP contribution in [0.25, 0.3) is 0 Å². The average Bonchev–Trinajstić information content (AvgIpc) is 2.45. The van der Waals surface area contributed by atoms with Gasteiger partial charge in [-0.15, -0.1) is 0 Å². The molecule has 2 aromatic rings. The monoisotopic (exact) mass is 292 g/mol. The van der Waals surface area contributed by atoms with E-state index in [9.17, 15) is 0 Å². The third-order valence-electron chi connectivity index (χ3n) is 2.73. The summed E-state index contributed by atoms with van der Waals surface area (Å²) >= 11 is 5.92. The molecule has 0 saturated heterocycles. The summed E-state index contributed by atoms with van der Waals surface area (Å²) in [6.45, 7) is 5.88. The first-order valence-electron chi connectivity index (χ1n) is 6.56. The number of hydrogen-bond donors (Lipinski definition) is 0. The Morgan fingerprint density at radius 3 is 2.50 bits per heavy atom. The van der Waals surface area contributed by atoms with Crippen LogP contribution in [0.3, 0.4) is 0 Å². The summed E-state index contributed by atoms with van der Waals surface area (Å²) < 4.78 is 5.30. The highest BCUT2D eigenvalue weighted by Gasteiger charge is 2.12. The number of nitrogens with zero attached hydrogens (tertiary/aromatic N) is 4. The Hall–Kier alpha value is -1.88. The number of ether oxygens (including phenoxy) is 1. The predicted octanol–water partition coefficient (Wildman–Crippen LogP) is 2.95. The summed E-state index contributed by atoms with van der Waals surface area (Å²) in [4.78, 5) is 14.4. The first-order chi connectivity index (χ1) is 9.72. The Morgan fingerprint density at radius 2 is 1.85 bits per heavy atom. The van der Waals surface area contributed by atoms with Gasteiger partial charge in [-0.1, -0.05) is 30.3 Å². The van der Waals surface area contributed by atoms with Crippen molar-refractivity contribution in [3.8, 4) is 6.01 Å². The number of aromatic nitrogens is 3. The van der Waals surface area contributed by atoms with E-state index in [1.165, 1.54) is 5.56 Å². The van der Waals surface area contributed by atoms with Crippen molar-refractivity contribution in [1.82, 2.24) is 15.0 Å². The minimum Gasteiger partial charge on any atom is -0.464 e. The number of anilines is 1. The van der Waals surface area contributed by atoms with Crippen LogP contribution in [0.4, 0.5) is 5.95 Å². The second-order valence-corrected chi connectivity index (χ2v) is 4.46. The molecule has 5 nitrogen and oxygen atoms in total. The first-order valence-corrected chi connectivity index (χ1v) is 6.94. The van der Waals surface area contributed by atoms with E-state index in [0.717, 1.165) is 6.54 Å². The van der Waals surface area contributed by atoms with Crippen LogP contribution >= 0.6 is 11.6 Å². The molecule has 0 fully saturated rings. The van der Waals surface area contributed by atoms with Crippen molar-refractivity contribution in [2.24, 2.45) is 0 Å². The molecule has 0 saturated carbocycles. The van der Waals surface area contributed by atoms with Gasteiger partial charge in [0, 0.05) is 13.1 Å². The maximum Gasteiger partial charge on any atom is 0.322 e. The van der Waals surface area contributed by atoms with Crippen molar-refractivity contribution in [1.29, 1.82) is 0 Å². The minimum absolute atomic E-state index is 0.143. The van der Waals surface area contributed by atoms with Gasteiger partial charge in [-0.25, -0.2) is 0 Å². The second kappa shape index (κ2) is 7.05. The van der Waals surface area contributed by atoms with Crippen LogP contribution < -0.4 is 9.64 Å². The molecule has 1 aromatic heterocycles. The van der Waals surface area contributed by atoms with Gasteiger partial charge < -0.3 is 9.64 Å². The molecule has 1 heterocycles. The number of hydrogen-bond acceptors (Lipinski definition) is 5. The summed E-state index contributed by atoms with van der Waals surface area (Å²) in [6.07, 6.45) is 0. The Bertz CT molecular complexity index is 550. The van der Waals surface area contributed by atoms with E-state index in [1.54, 1.807) is 0 Å². The molecule has 106 valence electrons. The summed E-state index contributed by atoms with van der Waals surface area (Å²) in [5, 5.41) is 0.143. The lowest BCUT2D eigenvalue weighted by atomic mass is 10.2. The van der Waals surface area contributed by atoms with E-state index in [1.807, 2.05) is 36.9 Å². The molecule has 0 aliphatic carbocycles. The average molecular weight is 293 g/mol. The van der Waals surface area contributed by atoms with Crippen molar-refractivity contribution in [3.63, 3.8) is 0 Å². The first kappa shape index (κ1) is 14.5. The number of benzene rings is 1. The Morgan fingerprint density at radius 1 is 1.10 bits per heavy atom. The quantitative estimate of drug-likeness (QED) is 0.819. The molecule has 0 amide bonds. The minimum atomic E-state index is 0.143. The Balaban J connectivity index is 2.22. The number of halogens is 1. The second-order valence-electron chi connectivity index (χ2n) is 4.12. The summed E-state index contributed by atoms with van der Waals surface area (Å²) in [5.41, 5.74) is 1.18. The van der Waals surface area contributed by atoms with Crippen molar-refractivity contribution < 1.29 is 4.74 Å². The topological polar surface area (TPSA) is 51.1 Å². The highest BCUT2D eigenvalue weighted by atomic mass is 35.5. The van der Waals surface area contributed by atoms with Crippen LogP contribution in [-0.2, 0) is 6.54 Å². The van der Waals surface area contributed by atoms with Gasteiger partial charge in [-0.3, -0.25) is 0 Å². The van der Waals surface area contributed by atoms with Crippen molar-refractivity contribution >= 4 is 17.5 Å². The summed E-state index contributed by atoms with van der Waals surface area (Å²) in [7, 11) is 0. The smallest absolute Gasteiger partial charge is 0.322 e. The molecule has 20 heavy (non-hydrogen) atoms. The van der Waals surface area contributed by atoms with Gasteiger partial charge in [-0.05, 0) is 31.0 Å². The largest absolute Gasteiger partial charge is 0.464 e. The van der Waals surface area contributed by atoms with Gasteiger partial charge in [0.1, 0.15) is 0 Å². The zero-order valence-corrected chi connectivity index (χ0v) is 12.3. The van der Waals surface area contributed by atoms with Gasteiger partial charge in [-0.2, -0.15) is 15.0 Å². The standard InChI is InChI=1S/C14H17ClN4O/c1-3-19(10-11-8-6-5-7-9-11)13-16-12(15)17-14(18-13)20-4-2/h5-9H,3-4,10H2,1-2H3. The molecule has 1 aromatic carbocycles. The van der Waals surface area contributed by atoms with Crippen LogP contribution in [0.5, 0.6) is 6.01 Å². The lowest BCUT2D eigenvalue weighted by Gasteiger charge is -2.21. The van der Waals surface area contributed by atoms with E-state index < -0.39 is 0 Å². The van der Waals surface area contributed by atoms with Crippen molar-refractivity contribution in [2.75, 3.05) is 18.1 Å². The molecule has 0 N–H and O–H groups in total. The van der Waals surface area contributed by atoms with Gasteiger partial charge in [0.2, 0.25) is 11.2 Å². The van der Waals surface area contributed by atoms with Gasteiger partial charge in [0.05, 0.1) is 6.61 Å². The molecule has 0 radical (unpaired) electrons. The lowest BCUT2D eigenvalue weighted by molar-refractivity contribution is 0.311. The fourth-order valence-electron chi connectivity index (χ4n) is 1.78. The third kappa shape index (κ3) is 3.81. The van der Waals surface area contributed by atoms with Crippen LogP contribution in [0.2, 0.25) is 5.28 Å². The summed E-state index contributed by atoms with van der Waals surface area (Å²) in [6, 6.07) is 10.4. The van der Waals surface area contributed by atoms with E-state index in [0.29, 0.717) is 19.1 Å². The zero-order chi connectivity index (χ0) is 14.4. The maximum absolute atomic E-state index is 5.92. The lowest BCUT2D eigenvalue weighted by Crippen LogP contribution is -2.24. The van der Waals surface area contributed by atoms with E-state index in [4.69, 9.17) is 16.3 Å². The highest BCUT2D eigenvalue weighted by molar-refractivity contribution is 6.28. The van der Waals surface area contributed by atoms with E-state index in [2.05, 4.69) is 27.1 Å². The normalized spacial score (nSPS) is 10.3. The molecule has 0 unspecified atom stereocenters. The number of rotatable bonds is 6.